The SMILES string of the molecule is Cc1cncc(C(=O)N2C[C@@H](Cc3cnccn3)[C@H](O)C2)c1. The molecule has 22 heavy (non-hydrogen) atoms. The highest BCUT2D eigenvalue weighted by molar-refractivity contribution is 5.94. The zero-order valence-corrected chi connectivity index (χ0v) is 12.4. The minimum Gasteiger partial charge on any atom is -0.391 e. The number of amides is 1. The number of pyridine rings is 1. The molecule has 1 fully saturated rings. The Kier molecular flexibility index (Phi) is 4.11. The van der Waals surface area contributed by atoms with E-state index < -0.39 is 6.10 Å². The second kappa shape index (κ2) is 6.19. The smallest absolute Gasteiger partial charge is 0.255 e. The number of aryl methyl sites for hydroxylation is 1. The molecule has 0 saturated carbocycles. The van der Waals surface area contributed by atoms with Gasteiger partial charge in [-0.15, -0.1) is 0 Å². The first-order valence-corrected chi connectivity index (χ1v) is 7.27. The maximum absolute atomic E-state index is 12.5. The van der Waals surface area contributed by atoms with E-state index in [0.29, 0.717) is 25.1 Å². The number of nitrogens with zero attached hydrogens (tertiary/aromatic N) is 4. The van der Waals surface area contributed by atoms with Crippen LogP contribution in [0.25, 0.3) is 0 Å². The average Bonchev–Trinajstić information content (AvgIpc) is 2.88. The summed E-state index contributed by atoms with van der Waals surface area (Å²) < 4.78 is 0. The number of carbonyl (C=O) groups is 1. The fraction of sp³-hybridized carbons (Fsp3) is 0.375. The molecule has 3 heterocycles. The molecular weight excluding hydrogens is 280 g/mol. The lowest BCUT2D eigenvalue weighted by Crippen LogP contribution is -2.29. The molecule has 0 spiro atoms. The third kappa shape index (κ3) is 3.12. The maximum atomic E-state index is 12.5. The molecule has 6 heteroatoms. The highest BCUT2D eigenvalue weighted by Crippen LogP contribution is 2.22. The van der Waals surface area contributed by atoms with Crippen molar-refractivity contribution in [2.75, 3.05) is 13.1 Å². The van der Waals surface area contributed by atoms with Gasteiger partial charge in [-0.3, -0.25) is 19.7 Å². The Morgan fingerprint density at radius 2 is 2.14 bits per heavy atom. The predicted octanol–water partition coefficient (Wildman–Crippen LogP) is 0.856. The third-order valence-electron chi connectivity index (χ3n) is 3.90. The molecule has 0 aliphatic carbocycles. The average molecular weight is 298 g/mol. The largest absolute Gasteiger partial charge is 0.391 e. The van der Waals surface area contributed by atoms with Crippen LogP contribution in [-0.2, 0) is 6.42 Å². The molecular formula is C16H18N4O2. The number of aromatic nitrogens is 3. The van der Waals surface area contributed by atoms with Crippen LogP contribution in [0.4, 0.5) is 0 Å². The van der Waals surface area contributed by atoms with Gasteiger partial charge in [-0.2, -0.15) is 0 Å². The summed E-state index contributed by atoms with van der Waals surface area (Å²) >= 11 is 0. The van der Waals surface area contributed by atoms with E-state index in [1.54, 1.807) is 35.9 Å². The standard InChI is InChI=1S/C16H18N4O2/c1-11-4-12(7-18-6-11)16(22)20-9-13(15(21)10-20)5-14-8-17-2-3-19-14/h2-4,6-8,13,15,21H,5,9-10H2,1H3/t13-,15-/m1/s1. The summed E-state index contributed by atoms with van der Waals surface area (Å²) in [5.74, 6) is -0.102. The molecule has 114 valence electrons. The van der Waals surface area contributed by atoms with Gasteiger partial charge in [0.15, 0.2) is 0 Å². The molecule has 1 aliphatic heterocycles. The van der Waals surface area contributed by atoms with Gasteiger partial charge < -0.3 is 10.0 Å². The van der Waals surface area contributed by atoms with Crippen LogP contribution >= 0.6 is 0 Å². The first-order valence-electron chi connectivity index (χ1n) is 7.27. The Morgan fingerprint density at radius 3 is 2.86 bits per heavy atom. The van der Waals surface area contributed by atoms with Crippen LogP contribution in [0.5, 0.6) is 0 Å². The lowest BCUT2D eigenvalue weighted by molar-refractivity contribution is 0.0764. The van der Waals surface area contributed by atoms with Gasteiger partial charge in [-0.25, -0.2) is 0 Å². The second-order valence-corrected chi connectivity index (χ2v) is 5.69. The van der Waals surface area contributed by atoms with Crippen molar-refractivity contribution in [2.24, 2.45) is 5.92 Å². The Balaban J connectivity index is 1.69. The van der Waals surface area contributed by atoms with Crippen molar-refractivity contribution in [3.8, 4) is 0 Å². The van der Waals surface area contributed by atoms with Gasteiger partial charge >= 0.3 is 0 Å². The molecule has 1 saturated heterocycles. The van der Waals surface area contributed by atoms with Crippen LogP contribution in [-0.4, -0.2) is 50.1 Å². The predicted molar refractivity (Wildman–Crippen MR) is 80.1 cm³/mol. The topological polar surface area (TPSA) is 79.2 Å². The van der Waals surface area contributed by atoms with Gasteiger partial charge in [-0.05, 0) is 25.0 Å². The van der Waals surface area contributed by atoms with E-state index in [-0.39, 0.29) is 11.8 Å². The molecule has 1 aliphatic rings. The lowest BCUT2D eigenvalue weighted by atomic mass is 10.0. The van der Waals surface area contributed by atoms with E-state index in [2.05, 4.69) is 15.0 Å². The van der Waals surface area contributed by atoms with E-state index in [9.17, 15) is 9.90 Å². The Bertz CT molecular complexity index is 662. The van der Waals surface area contributed by atoms with Gasteiger partial charge in [0.25, 0.3) is 5.91 Å². The summed E-state index contributed by atoms with van der Waals surface area (Å²) in [7, 11) is 0. The number of hydrogen-bond acceptors (Lipinski definition) is 5. The Morgan fingerprint density at radius 1 is 1.27 bits per heavy atom. The van der Waals surface area contributed by atoms with Gasteiger partial charge in [0.05, 0.1) is 17.4 Å². The van der Waals surface area contributed by atoms with Crippen LogP contribution in [0.15, 0.2) is 37.1 Å². The van der Waals surface area contributed by atoms with Gasteiger partial charge in [-0.1, -0.05) is 0 Å². The summed E-state index contributed by atoms with van der Waals surface area (Å²) in [4.78, 5) is 26.5. The highest BCUT2D eigenvalue weighted by atomic mass is 16.3. The van der Waals surface area contributed by atoms with Gasteiger partial charge in [0.2, 0.25) is 0 Å². The van der Waals surface area contributed by atoms with E-state index in [1.807, 2.05) is 13.0 Å². The van der Waals surface area contributed by atoms with Crippen molar-refractivity contribution >= 4 is 5.91 Å². The third-order valence-corrected chi connectivity index (χ3v) is 3.90. The molecule has 2 atom stereocenters. The fourth-order valence-electron chi connectivity index (χ4n) is 2.78. The molecule has 1 amide bonds. The Labute approximate surface area is 128 Å². The van der Waals surface area contributed by atoms with Gasteiger partial charge in [0.1, 0.15) is 0 Å². The number of carbonyl (C=O) groups excluding carboxylic acids is 1. The molecule has 3 rings (SSSR count). The molecule has 0 aromatic carbocycles. The zero-order valence-electron chi connectivity index (χ0n) is 12.4. The molecule has 0 bridgehead atoms. The van der Waals surface area contributed by atoms with Crippen LogP contribution < -0.4 is 0 Å². The molecule has 0 unspecified atom stereocenters. The number of aliphatic hydroxyl groups is 1. The van der Waals surface area contributed by atoms with Crippen molar-refractivity contribution in [1.29, 1.82) is 0 Å². The van der Waals surface area contributed by atoms with E-state index in [4.69, 9.17) is 0 Å². The van der Waals surface area contributed by atoms with Crippen molar-refractivity contribution in [1.82, 2.24) is 19.9 Å². The monoisotopic (exact) mass is 298 g/mol. The second-order valence-electron chi connectivity index (χ2n) is 5.69. The molecule has 1 N–H and O–H groups in total. The zero-order chi connectivity index (χ0) is 15.5. The summed E-state index contributed by atoms with van der Waals surface area (Å²) in [6, 6.07) is 1.82. The summed E-state index contributed by atoms with van der Waals surface area (Å²) in [6.45, 7) is 2.77. The molecule has 2 aromatic heterocycles. The normalized spacial score (nSPS) is 21.1. The summed E-state index contributed by atoms with van der Waals surface area (Å²) in [5, 5.41) is 10.2. The number of β-amino-alcohol motifs (C(OH)–C–C–N with tert-alkyl or cyclic N) is 1. The van der Waals surface area contributed by atoms with Gasteiger partial charge in [0, 0.05) is 50.0 Å². The van der Waals surface area contributed by atoms with Crippen molar-refractivity contribution < 1.29 is 9.90 Å². The molecule has 6 nitrogen and oxygen atoms in total. The number of hydrogen-bond donors (Lipinski definition) is 1. The van der Waals surface area contributed by atoms with Crippen LogP contribution in [0.2, 0.25) is 0 Å². The van der Waals surface area contributed by atoms with Crippen molar-refractivity contribution in [2.45, 2.75) is 19.4 Å². The van der Waals surface area contributed by atoms with Crippen molar-refractivity contribution in [3.05, 3.63) is 53.9 Å². The summed E-state index contributed by atoms with van der Waals surface area (Å²) in [5.41, 5.74) is 2.34. The highest BCUT2D eigenvalue weighted by Gasteiger charge is 2.34. The van der Waals surface area contributed by atoms with Crippen molar-refractivity contribution in [3.63, 3.8) is 0 Å². The molecule has 0 radical (unpaired) electrons. The van der Waals surface area contributed by atoms with E-state index >= 15 is 0 Å². The fourth-order valence-corrected chi connectivity index (χ4v) is 2.78. The van der Waals surface area contributed by atoms with Crippen LogP contribution in [0, 0.1) is 12.8 Å². The Hall–Kier alpha value is -2.34. The maximum Gasteiger partial charge on any atom is 0.255 e. The number of rotatable bonds is 3. The number of likely N-dealkylation sites (tertiary alicyclic amines) is 1. The first kappa shape index (κ1) is 14.6. The minimum atomic E-state index is -0.538. The molecule has 2 aromatic rings. The minimum absolute atomic E-state index is 0.0154. The lowest BCUT2D eigenvalue weighted by Gasteiger charge is -2.16. The van der Waals surface area contributed by atoms with Crippen LogP contribution in [0.1, 0.15) is 21.6 Å². The van der Waals surface area contributed by atoms with E-state index in [0.717, 1.165) is 11.3 Å². The summed E-state index contributed by atoms with van der Waals surface area (Å²) in [6.07, 6.45) is 8.31. The van der Waals surface area contributed by atoms with Crippen LogP contribution in [0.3, 0.4) is 0 Å². The van der Waals surface area contributed by atoms with E-state index in [1.165, 1.54) is 0 Å². The number of aliphatic hydroxyl groups excluding tert-OH is 1. The quantitative estimate of drug-likeness (QED) is 0.909. The first-order chi connectivity index (χ1) is 10.6.